The zero-order chi connectivity index (χ0) is 12.6. The van der Waals surface area contributed by atoms with E-state index in [1.807, 2.05) is 0 Å². The van der Waals surface area contributed by atoms with E-state index < -0.39 is 0 Å². The Morgan fingerprint density at radius 1 is 1.06 bits per heavy atom. The Kier molecular flexibility index (Phi) is 7.22. The molecule has 0 rings (SSSR count). The summed E-state index contributed by atoms with van der Waals surface area (Å²) >= 11 is 0. The predicted molar refractivity (Wildman–Crippen MR) is 64.4 cm³/mol. The van der Waals surface area contributed by atoms with Gasteiger partial charge in [0.2, 0.25) is 0 Å². The lowest BCUT2D eigenvalue weighted by atomic mass is 9.89. The van der Waals surface area contributed by atoms with Crippen LogP contribution in [0, 0.1) is 5.41 Å². The van der Waals surface area contributed by atoms with Crippen molar-refractivity contribution in [3.8, 4) is 0 Å². The van der Waals surface area contributed by atoms with Crippen LogP contribution in [0.4, 0.5) is 0 Å². The van der Waals surface area contributed by atoms with Crippen LogP contribution in [0.5, 0.6) is 0 Å². The molecular formula is C13H24O3. The third-order valence-corrected chi connectivity index (χ3v) is 2.07. The molecule has 0 bridgehead atoms. The van der Waals surface area contributed by atoms with E-state index in [0.717, 1.165) is 6.42 Å². The van der Waals surface area contributed by atoms with Gasteiger partial charge in [-0.25, -0.2) is 0 Å². The van der Waals surface area contributed by atoms with Crippen molar-refractivity contribution in [3.63, 3.8) is 0 Å². The Bertz CT molecular complexity index is 226. The van der Waals surface area contributed by atoms with Gasteiger partial charge in [0.25, 0.3) is 0 Å². The Morgan fingerprint density at radius 3 is 2.19 bits per heavy atom. The minimum absolute atomic E-state index is 0.0760. The van der Waals surface area contributed by atoms with E-state index in [0.29, 0.717) is 38.3 Å². The second-order valence-corrected chi connectivity index (χ2v) is 5.44. The maximum absolute atomic E-state index is 11.5. The first-order valence-electron chi connectivity index (χ1n) is 5.90. The average molecular weight is 228 g/mol. The van der Waals surface area contributed by atoms with Gasteiger partial charge in [0.15, 0.2) is 0 Å². The Morgan fingerprint density at radius 2 is 1.69 bits per heavy atom. The monoisotopic (exact) mass is 228 g/mol. The van der Waals surface area contributed by atoms with Crippen LogP contribution in [0.25, 0.3) is 0 Å². The van der Waals surface area contributed by atoms with E-state index in [2.05, 4.69) is 20.8 Å². The summed E-state index contributed by atoms with van der Waals surface area (Å²) in [6.45, 7) is 8.79. The summed E-state index contributed by atoms with van der Waals surface area (Å²) in [6.07, 6.45) is 2.43. The molecular weight excluding hydrogens is 204 g/mol. The van der Waals surface area contributed by atoms with E-state index in [1.54, 1.807) is 6.92 Å². The van der Waals surface area contributed by atoms with Crippen molar-refractivity contribution in [1.82, 2.24) is 0 Å². The normalized spacial score (nSPS) is 11.5. The topological polar surface area (TPSA) is 43.4 Å². The largest absolute Gasteiger partial charge is 0.381 e. The fraction of sp³-hybridized carbons (Fsp3) is 0.846. The average Bonchev–Trinajstić information content (AvgIpc) is 2.07. The number of hydrogen-bond donors (Lipinski definition) is 0. The molecule has 94 valence electrons. The zero-order valence-electron chi connectivity index (χ0n) is 11.0. The number of ketones is 2. The number of ether oxygens (including phenoxy) is 1. The molecule has 0 aromatic carbocycles. The summed E-state index contributed by atoms with van der Waals surface area (Å²) in [4.78, 5) is 22.1. The van der Waals surface area contributed by atoms with Gasteiger partial charge >= 0.3 is 0 Å². The highest BCUT2D eigenvalue weighted by Crippen LogP contribution is 2.19. The molecule has 0 atom stereocenters. The van der Waals surface area contributed by atoms with Crippen molar-refractivity contribution in [2.75, 3.05) is 13.2 Å². The minimum atomic E-state index is 0.0760. The third-order valence-electron chi connectivity index (χ3n) is 2.07. The second kappa shape index (κ2) is 7.55. The molecule has 0 heterocycles. The maximum atomic E-state index is 11.5. The van der Waals surface area contributed by atoms with E-state index >= 15 is 0 Å². The van der Waals surface area contributed by atoms with Crippen LogP contribution in [0.1, 0.15) is 53.4 Å². The fourth-order valence-corrected chi connectivity index (χ4v) is 1.37. The van der Waals surface area contributed by atoms with E-state index in [4.69, 9.17) is 4.74 Å². The predicted octanol–water partition coefficient (Wildman–Crippen LogP) is 2.77. The lowest BCUT2D eigenvalue weighted by molar-refractivity contribution is -0.121. The van der Waals surface area contributed by atoms with Gasteiger partial charge in [0.1, 0.15) is 11.6 Å². The molecule has 0 spiro atoms. The Hall–Kier alpha value is -0.700. The van der Waals surface area contributed by atoms with Crippen molar-refractivity contribution in [2.24, 2.45) is 5.41 Å². The van der Waals surface area contributed by atoms with Crippen LogP contribution < -0.4 is 0 Å². The zero-order valence-corrected chi connectivity index (χ0v) is 11.0. The van der Waals surface area contributed by atoms with E-state index in [1.165, 1.54) is 0 Å². The number of Topliss-reactive ketones (excluding diaryl/α,β-unsaturated/α-hetero) is 2. The van der Waals surface area contributed by atoms with Crippen molar-refractivity contribution in [2.45, 2.75) is 53.4 Å². The summed E-state index contributed by atoms with van der Waals surface area (Å²) in [5.74, 6) is 0.437. The summed E-state index contributed by atoms with van der Waals surface area (Å²) in [7, 11) is 0. The van der Waals surface area contributed by atoms with Gasteiger partial charge in [0.05, 0.1) is 6.61 Å². The highest BCUT2D eigenvalue weighted by atomic mass is 16.5. The van der Waals surface area contributed by atoms with Gasteiger partial charge in [-0.3, -0.25) is 9.59 Å². The van der Waals surface area contributed by atoms with Gasteiger partial charge < -0.3 is 4.74 Å². The second-order valence-electron chi connectivity index (χ2n) is 5.44. The van der Waals surface area contributed by atoms with Gasteiger partial charge in [-0.1, -0.05) is 20.8 Å². The molecule has 0 radical (unpaired) electrons. The molecule has 0 N–H and O–H groups in total. The van der Waals surface area contributed by atoms with Gasteiger partial charge in [0, 0.05) is 25.9 Å². The molecule has 0 aromatic rings. The summed E-state index contributed by atoms with van der Waals surface area (Å²) in [6, 6.07) is 0. The number of carbonyl (C=O) groups excluding carboxylic acids is 2. The molecule has 0 aliphatic heterocycles. The highest BCUT2D eigenvalue weighted by molar-refractivity contribution is 5.78. The number of rotatable bonds is 8. The highest BCUT2D eigenvalue weighted by Gasteiger charge is 2.15. The first kappa shape index (κ1) is 15.3. The van der Waals surface area contributed by atoms with Crippen LogP contribution in [0.15, 0.2) is 0 Å². The smallest absolute Gasteiger partial charge is 0.133 e. The van der Waals surface area contributed by atoms with Gasteiger partial charge in [-0.05, 0) is 18.8 Å². The molecule has 0 amide bonds. The van der Waals surface area contributed by atoms with Crippen LogP contribution in [0.2, 0.25) is 0 Å². The van der Waals surface area contributed by atoms with Crippen molar-refractivity contribution in [1.29, 1.82) is 0 Å². The maximum Gasteiger partial charge on any atom is 0.133 e. The van der Waals surface area contributed by atoms with E-state index in [-0.39, 0.29) is 11.2 Å². The molecule has 0 saturated heterocycles. The molecule has 0 aliphatic rings. The molecule has 3 heteroatoms. The van der Waals surface area contributed by atoms with E-state index in [9.17, 15) is 9.59 Å². The summed E-state index contributed by atoms with van der Waals surface area (Å²) in [5.41, 5.74) is 0.0760. The van der Waals surface area contributed by atoms with Crippen molar-refractivity contribution >= 4 is 11.6 Å². The first-order chi connectivity index (χ1) is 7.31. The van der Waals surface area contributed by atoms with Crippen molar-refractivity contribution in [3.05, 3.63) is 0 Å². The first-order valence-corrected chi connectivity index (χ1v) is 5.90. The van der Waals surface area contributed by atoms with Gasteiger partial charge in [-0.2, -0.15) is 0 Å². The lowest BCUT2D eigenvalue weighted by Gasteiger charge is -2.16. The fourth-order valence-electron chi connectivity index (χ4n) is 1.37. The summed E-state index contributed by atoms with van der Waals surface area (Å²) in [5, 5.41) is 0. The minimum Gasteiger partial charge on any atom is -0.381 e. The van der Waals surface area contributed by atoms with Crippen LogP contribution >= 0.6 is 0 Å². The molecule has 0 aliphatic carbocycles. The molecule has 0 unspecified atom stereocenters. The van der Waals surface area contributed by atoms with Crippen LogP contribution in [0.3, 0.4) is 0 Å². The van der Waals surface area contributed by atoms with Crippen LogP contribution in [-0.2, 0) is 14.3 Å². The molecule has 0 saturated carbocycles. The molecule has 16 heavy (non-hydrogen) atoms. The third kappa shape index (κ3) is 11.4. The molecule has 0 aromatic heterocycles. The summed E-state index contributed by atoms with van der Waals surface area (Å²) < 4.78 is 5.25. The Labute approximate surface area is 98.6 Å². The van der Waals surface area contributed by atoms with Gasteiger partial charge in [-0.15, -0.1) is 0 Å². The van der Waals surface area contributed by atoms with Crippen LogP contribution in [-0.4, -0.2) is 24.8 Å². The Balaban J connectivity index is 3.38. The lowest BCUT2D eigenvalue weighted by Crippen LogP contribution is -2.13. The number of hydrogen-bond acceptors (Lipinski definition) is 3. The molecule has 0 fully saturated rings. The standard InChI is InChI=1S/C13H24O3/c1-11(14)7-9-16-8-5-6-12(15)10-13(2,3)4/h5-10H2,1-4H3. The quantitative estimate of drug-likeness (QED) is 0.600. The van der Waals surface area contributed by atoms with Crippen molar-refractivity contribution < 1.29 is 14.3 Å². The molecule has 3 nitrogen and oxygen atoms in total. The number of carbonyl (C=O) groups is 2. The SMILES string of the molecule is CC(=O)CCOCCCC(=O)CC(C)(C)C.